The normalized spacial score (nSPS) is 11.1. The zero-order valence-electron chi connectivity index (χ0n) is 8.37. The van der Waals surface area contributed by atoms with Crippen LogP contribution in [-0.4, -0.2) is 30.7 Å². The van der Waals surface area contributed by atoms with Gasteiger partial charge in [0.1, 0.15) is 0 Å². The average Bonchev–Trinajstić information content (AvgIpc) is 2.31. The van der Waals surface area contributed by atoms with E-state index in [1.54, 1.807) is 12.4 Å². The van der Waals surface area contributed by atoms with Crippen LogP contribution < -0.4 is 5.32 Å². The maximum absolute atomic E-state index is 4.25. The quantitative estimate of drug-likeness (QED) is 0.516. The Bertz CT molecular complexity index is 470. The summed E-state index contributed by atoms with van der Waals surface area (Å²) in [6.45, 7) is 0. The number of aliphatic imine (C=N–C) groups is 1. The van der Waals surface area contributed by atoms with E-state index in [4.69, 9.17) is 0 Å². The number of nitrogens with one attached hydrogen (secondary N) is 1. The van der Waals surface area contributed by atoms with Crippen LogP contribution in [0, 0.1) is 0 Å². The van der Waals surface area contributed by atoms with E-state index < -0.39 is 0 Å². The van der Waals surface area contributed by atoms with Crippen LogP contribution in [0.5, 0.6) is 0 Å². The van der Waals surface area contributed by atoms with Gasteiger partial charge in [-0.25, -0.2) is 0 Å². The van der Waals surface area contributed by atoms with Crippen LogP contribution in [0.1, 0.15) is 0 Å². The van der Waals surface area contributed by atoms with Gasteiger partial charge in [0.15, 0.2) is 0 Å². The summed E-state index contributed by atoms with van der Waals surface area (Å²) in [5, 5.41) is 3.03. The Kier molecular flexibility index (Phi) is 3.64. The number of hydrogen-bond acceptors (Lipinski definition) is 3. The van der Waals surface area contributed by atoms with E-state index in [1.165, 1.54) is 0 Å². The Morgan fingerprint density at radius 3 is 2.44 bits per heavy atom. The number of aromatic nitrogens is 2. The van der Waals surface area contributed by atoms with Crippen molar-refractivity contribution in [2.24, 2.45) is 4.99 Å². The summed E-state index contributed by atoms with van der Waals surface area (Å²) >= 11 is 2.83. The number of amidine groups is 1. The SMILES string of the molecule is [Se]/C(=N/c1ccccn1)Nc1ccccn1. The number of anilines is 1. The summed E-state index contributed by atoms with van der Waals surface area (Å²) < 4.78 is 0.636. The van der Waals surface area contributed by atoms with Gasteiger partial charge in [0.25, 0.3) is 0 Å². The van der Waals surface area contributed by atoms with Crippen LogP contribution in [0.25, 0.3) is 0 Å². The second kappa shape index (κ2) is 5.39. The van der Waals surface area contributed by atoms with E-state index in [9.17, 15) is 0 Å². The first-order valence-electron chi connectivity index (χ1n) is 4.69. The third-order valence-electron chi connectivity index (χ3n) is 1.77. The molecule has 0 aliphatic heterocycles. The molecule has 0 atom stereocenters. The summed E-state index contributed by atoms with van der Waals surface area (Å²) in [7, 11) is 0. The second-order valence-electron chi connectivity index (χ2n) is 2.94. The van der Waals surface area contributed by atoms with Gasteiger partial charge in [-0.05, 0) is 0 Å². The molecule has 2 rings (SSSR count). The molecule has 0 fully saturated rings. The number of hydrogen-bond donors (Lipinski definition) is 1. The summed E-state index contributed by atoms with van der Waals surface area (Å²) in [6.07, 6.45) is 3.42. The van der Waals surface area contributed by atoms with Gasteiger partial charge in [0.05, 0.1) is 0 Å². The number of nitrogens with zero attached hydrogens (tertiary/aromatic N) is 3. The summed E-state index contributed by atoms with van der Waals surface area (Å²) in [5.74, 6) is 1.40. The van der Waals surface area contributed by atoms with Crippen LogP contribution in [0.15, 0.2) is 53.8 Å². The second-order valence-corrected chi connectivity index (χ2v) is 3.76. The van der Waals surface area contributed by atoms with Crippen molar-refractivity contribution in [3.8, 4) is 0 Å². The molecule has 2 aromatic rings. The number of rotatable bonds is 2. The molecule has 0 saturated carbocycles. The topological polar surface area (TPSA) is 50.2 Å². The summed E-state index contributed by atoms with van der Waals surface area (Å²) in [6, 6.07) is 11.2. The van der Waals surface area contributed by atoms with Crippen LogP contribution in [-0.2, 0) is 0 Å². The third-order valence-corrected chi connectivity index (χ3v) is 2.17. The molecule has 0 amide bonds. The molecule has 0 saturated heterocycles. The van der Waals surface area contributed by atoms with Gasteiger partial charge in [-0.3, -0.25) is 0 Å². The van der Waals surface area contributed by atoms with Gasteiger partial charge >= 0.3 is 101 Å². The van der Waals surface area contributed by atoms with E-state index >= 15 is 0 Å². The van der Waals surface area contributed by atoms with Crippen molar-refractivity contribution < 1.29 is 0 Å². The van der Waals surface area contributed by atoms with Crippen molar-refractivity contribution in [2.45, 2.75) is 0 Å². The molecule has 79 valence electrons. The predicted octanol–water partition coefficient (Wildman–Crippen LogP) is 1.74. The molecule has 5 heteroatoms. The monoisotopic (exact) mass is 277 g/mol. The van der Waals surface area contributed by atoms with Crippen LogP contribution in [0.4, 0.5) is 11.6 Å². The van der Waals surface area contributed by atoms with E-state index in [-0.39, 0.29) is 0 Å². The van der Waals surface area contributed by atoms with Gasteiger partial charge in [-0.2, -0.15) is 0 Å². The average molecular weight is 276 g/mol. The van der Waals surface area contributed by atoms with Gasteiger partial charge in [0.2, 0.25) is 0 Å². The fraction of sp³-hybridized carbons (Fsp3) is 0. The van der Waals surface area contributed by atoms with Crippen molar-refractivity contribution in [3.05, 3.63) is 48.8 Å². The van der Waals surface area contributed by atoms with Crippen molar-refractivity contribution in [1.29, 1.82) is 0 Å². The standard InChI is InChI=1S/C11H9N4Se/c16-11(14-9-5-1-3-7-12-9)15-10-6-2-4-8-13-10/h1-8H,(H,12,13,14,15). The fourth-order valence-electron chi connectivity index (χ4n) is 1.10. The molecule has 0 bridgehead atoms. The molecule has 4 nitrogen and oxygen atoms in total. The van der Waals surface area contributed by atoms with E-state index in [1.807, 2.05) is 36.4 Å². The van der Waals surface area contributed by atoms with Crippen molar-refractivity contribution in [1.82, 2.24) is 9.97 Å². The van der Waals surface area contributed by atoms with Gasteiger partial charge < -0.3 is 0 Å². The van der Waals surface area contributed by atoms with Crippen molar-refractivity contribution in [2.75, 3.05) is 5.32 Å². The minimum absolute atomic E-state index is 0.636. The molecular weight excluding hydrogens is 267 g/mol. The fourth-order valence-corrected chi connectivity index (χ4v) is 1.51. The predicted molar refractivity (Wildman–Crippen MR) is 64.9 cm³/mol. The molecule has 0 spiro atoms. The Morgan fingerprint density at radius 1 is 1.06 bits per heavy atom. The van der Waals surface area contributed by atoms with E-state index in [2.05, 4.69) is 36.3 Å². The molecule has 2 aromatic heterocycles. The van der Waals surface area contributed by atoms with E-state index in [0.717, 1.165) is 5.82 Å². The zero-order valence-corrected chi connectivity index (χ0v) is 10.1. The Morgan fingerprint density at radius 2 is 1.81 bits per heavy atom. The minimum atomic E-state index is 0.636. The van der Waals surface area contributed by atoms with Crippen LogP contribution in [0.2, 0.25) is 0 Å². The summed E-state index contributed by atoms with van der Waals surface area (Å²) in [5.41, 5.74) is 0. The van der Waals surface area contributed by atoms with Gasteiger partial charge in [0, 0.05) is 0 Å². The molecule has 1 N–H and O–H groups in total. The maximum atomic E-state index is 4.25. The van der Waals surface area contributed by atoms with Crippen LogP contribution >= 0.6 is 0 Å². The van der Waals surface area contributed by atoms with Crippen molar-refractivity contribution >= 4 is 32.4 Å². The number of pyridine rings is 2. The molecule has 0 unspecified atom stereocenters. The first-order valence-corrected chi connectivity index (χ1v) is 5.55. The molecular formula is C11H9N4Se. The van der Waals surface area contributed by atoms with Crippen molar-refractivity contribution in [3.63, 3.8) is 0 Å². The van der Waals surface area contributed by atoms with E-state index in [0.29, 0.717) is 10.6 Å². The molecule has 0 aromatic carbocycles. The molecule has 2 heterocycles. The Balaban J connectivity index is 2.09. The zero-order chi connectivity index (χ0) is 11.2. The Labute approximate surface area is 102 Å². The first-order chi connectivity index (χ1) is 7.84. The third kappa shape index (κ3) is 3.15. The van der Waals surface area contributed by atoms with Gasteiger partial charge in [-0.1, -0.05) is 0 Å². The molecule has 1 radical (unpaired) electrons. The summed E-state index contributed by atoms with van der Waals surface area (Å²) in [4.78, 5) is 12.5. The molecule has 16 heavy (non-hydrogen) atoms. The van der Waals surface area contributed by atoms with Crippen LogP contribution in [0.3, 0.4) is 0 Å². The first kappa shape index (κ1) is 10.8. The molecule has 0 aliphatic carbocycles. The molecule has 0 aliphatic rings. The van der Waals surface area contributed by atoms with Gasteiger partial charge in [-0.15, -0.1) is 0 Å². The Hall–Kier alpha value is -1.71.